The van der Waals surface area contributed by atoms with E-state index in [-0.39, 0.29) is 5.39 Å². The number of benzene rings is 1. The number of hydrogen-bond acceptors (Lipinski definition) is 1. The van der Waals surface area contributed by atoms with Crippen LogP contribution in [-0.2, 0) is 5.60 Å². The normalized spacial score (nSPS) is 14.1. The first-order chi connectivity index (χ1) is 8.57. The number of fused-ring (bicyclic) bond motifs is 1. The minimum atomic E-state index is -5.87. The van der Waals surface area contributed by atoms with Crippen molar-refractivity contribution in [3.8, 4) is 0 Å². The molecular weight excluding hydrogens is 276 g/mol. The molecule has 0 bridgehead atoms. The van der Waals surface area contributed by atoms with Gasteiger partial charge < -0.3 is 10.1 Å². The first-order valence-corrected chi connectivity index (χ1v) is 5.01. The first-order valence-electron chi connectivity index (χ1n) is 5.01. The van der Waals surface area contributed by atoms with Crippen LogP contribution in [0.4, 0.5) is 26.3 Å². The second-order valence-electron chi connectivity index (χ2n) is 3.99. The second-order valence-corrected chi connectivity index (χ2v) is 3.99. The van der Waals surface area contributed by atoms with Crippen molar-refractivity contribution >= 4 is 10.9 Å². The molecule has 1 aromatic heterocycles. The molecule has 0 saturated carbocycles. The Morgan fingerprint density at radius 2 is 1.47 bits per heavy atom. The quantitative estimate of drug-likeness (QED) is 0.772. The third-order valence-electron chi connectivity index (χ3n) is 2.79. The summed E-state index contributed by atoms with van der Waals surface area (Å²) in [6.07, 6.45) is -10.4. The van der Waals surface area contributed by atoms with E-state index in [9.17, 15) is 31.4 Å². The molecule has 0 aliphatic rings. The molecule has 0 atom stereocenters. The van der Waals surface area contributed by atoms with E-state index >= 15 is 0 Å². The topological polar surface area (TPSA) is 36.0 Å². The zero-order valence-corrected chi connectivity index (χ0v) is 9.10. The molecule has 1 heterocycles. The number of aromatic amines is 1. The first kappa shape index (κ1) is 13.7. The van der Waals surface area contributed by atoms with Gasteiger partial charge in [0.2, 0.25) is 0 Å². The Morgan fingerprint density at radius 1 is 0.895 bits per heavy atom. The Balaban J connectivity index is 2.68. The van der Waals surface area contributed by atoms with E-state index in [1.54, 1.807) is 0 Å². The van der Waals surface area contributed by atoms with Crippen molar-refractivity contribution in [2.75, 3.05) is 0 Å². The minimum Gasteiger partial charge on any atom is -0.369 e. The molecule has 2 N–H and O–H groups in total. The van der Waals surface area contributed by atoms with Gasteiger partial charge in [0.25, 0.3) is 5.60 Å². The highest BCUT2D eigenvalue weighted by Crippen LogP contribution is 2.50. The predicted molar refractivity (Wildman–Crippen MR) is 54.3 cm³/mol. The van der Waals surface area contributed by atoms with Gasteiger partial charge in [0.15, 0.2) is 0 Å². The van der Waals surface area contributed by atoms with Gasteiger partial charge in [0.1, 0.15) is 0 Å². The summed E-state index contributed by atoms with van der Waals surface area (Å²) in [5.74, 6) is 0. The summed E-state index contributed by atoms with van der Waals surface area (Å²) in [7, 11) is 0. The van der Waals surface area contributed by atoms with Crippen molar-refractivity contribution in [3.63, 3.8) is 0 Å². The Bertz CT molecular complexity index is 583. The lowest BCUT2D eigenvalue weighted by molar-refractivity contribution is -0.376. The fourth-order valence-electron chi connectivity index (χ4n) is 1.77. The van der Waals surface area contributed by atoms with Crippen LogP contribution >= 0.6 is 0 Å². The molecule has 0 fully saturated rings. The maximum atomic E-state index is 12.6. The van der Waals surface area contributed by atoms with Crippen LogP contribution in [0, 0.1) is 0 Å². The molecule has 1 aromatic carbocycles. The van der Waals surface area contributed by atoms with Crippen molar-refractivity contribution in [1.29, 1.82) is 0 Å². The Morgan fingerprint density at radius 3 is 2.00 bits per heavy atom. The van der Waals surface area contributed by atoms with Gasteiger partial charge in [-0.25, -0.2) is 0 Å². The molecule has 2 rings (SSSR count). The summed E-state index contributed by atoms with van der Waals surface area (Å²) in [6, 6.07) is 3.62. The smallest absolute Gasteiger partial charge is 0.369 e. The van der Waals surface area contributed by atoms with Crippen LogP contribution in [0.25, 0.3) is 10.9 Å². The monoisotopic (exact) mass is 283 g/mol. The van der Waals surface area contributed by atoms with Crippen molar-refractivity contribution in [3.05, 3.63) is 36.0 Å². The number of aliphatic hydroxyl groups is 1. The van der Waals surface area contributed by atoms with E-state index in [1.807, 2.05) is 0 Å². The van der Waals surface area contributed by atoms with Gasteiger partial charge in [-0.3, -0.25) is 0 Å². The molecule has 2 nitrogen and oxygen atoms in total. The van der Waals surface area contributed by atoms with Crippen LogP contribution in [0.5, 0.6) is 0 Å². The molecule has 8 heteroatoms. The van der Waals surface area contributed by atoms with Crippen LogP contribution in [0.1, 0.15) is 5.56 Å². The summed E-state index contributed by atoms with van der Waals surface area (Å²) < 4.78 is 75.8. The summed E-state index contributed by atoms with van der Waals surface area (Å²) in [4.78, 5) is 2.63. The van der Waals surface area contributed by atoms with E-state index in [2.05, 4.69) is 4.98 Å². The molecule has 0 aliphatic heterocycles. The number of aromatic nitrogens is 1. The zero-order chi connectivity index (χ0) is 14.5. The number of nitrogens with one attached hydrogen (secondary N) is 1. The molecule has 2 aromatic rings. The minimum absolute atomic E-state index is 0.143. The number of halogens is 6. The highest BCUT2D eigenvalue weighted by Gasteiger charge is 2.71. The van der Waals surface area contributed by atoms with E-state index in [1.165, 1.54) is 12.3 Å². The lowest BCUT2D eigenvalue weighted by Crippen LogP contribution is -2.53. The molecular formula is C11H7F6NO. The van der Waals surface area contributed by atoms with Gasteiger partial charge in [-0.1, -0.05) is 6.07 Å². The summed E-state index contributed by atoms with van der Waals surface area (Å²) >= 11 is 0. The Labute approximate surface area is 102 Å². The average Bonchev–Trinajstić information content (AvgIpc) is 2.71. The van der Waals surface area contributed by atoms with Crippen LogP contribution in [0.3, 0.4) is 0 Å². The van der Waals surface area contributed by atoms with E-state index in [4.69, 9.17) is 0 Å². The van der Waals surface area contributed by atoms with Gasteiger partial charge in [-0.05, 0) is 23.6 Å². The summed E-state index contributed by atoms with van der Waals surface area (Å²) in [5.41, 5.74) is -5.78. The molecule has 19 heavy (non-hydrogen) atoms. The van der Waals surface area contributed by atoms with E-state index in [0.717, 1.165) is 6.07 Å². The van der Waals surface area contributed by atoms with Gasteiger partial charge in [0.05, 0.1) is 0 Å². The largest absolute Gasteiger partial charge is 0.430 e. The Kier molecular flexibility index (Phi) is 2.81. The van der Waals surface area contributed by atoms with Crippen molar-refractivity contribution < 1.29 is 31.4 Å². The highest BCUT2D eigenvalue weighted by molar-refractivity contribution is 5.80. The van der Waals surface area contributed by atoms with Crippen LogP contribution < -0.4 is 0 Å². The molecule has 0 unspecified atom stereocenters. The van der Waals surface area contributed by atoms with Crippen LogP contribution in [0.2, 0.25) is 0 Å². The van der Waals surface area contributed by atoms with E-state index in [0.29, 0.717) is 17.6 Å². The Hall–Kier alpha value is -1.70. The number of rotatable bonds is 1. The van der Waals surface area contributed by atoms with Crippen molar-refractivity contribution in [2.45, 2.75) is 18.0 Å². The molecule has 0 spiro atoms. The highest BCUT2D eigenvalue weighted by atomic mass is 19.4. The standard InChI is InChI=1S/C11H7F6NO/c12-10(13,14)9(19,11(15,16)17)7-1-2-8-6(5-7)3-4-18-8/h1-5,18-19H. The van der Waals surface area contributed by atoms with Gasteiger partial charge >= 0.3 is 12.4 Å². The van der Waals surface area contributed by atoms with Crippen molar-refractivity contribution in [2.24, 2.45) is 0 Å². The lowest BCUT2D eigenvalue weighted by atomic mass is 9.91. The lowest BCUT2D eigenvalue weighted by Gasteiger charge is -2.32. The third kappa shape index (κ3) is 1.95. The van der Waals surface area contributed by atoms with Crippen LogP contribution in [-0.4, -0.2) is 22.4 Å². The second kappa shape index (κ2) is 3.89. The SMILES string of the molecule is OC(c1ccc2[nH]ccc2c1)(C(F)(F)F)C(F)(F)F. The van der Waals surface area contributed by atoms with Gasteiger partial charge in [0, 0.05) is 17.3 Å². The predicted octanol–water partition coefficient (Wildman–Crippen LogP) is 3.48. The number of alkyl halides is 6. The molecule has 0 aliphatic carbocycles. The number of hydrogen-bond donors (Lipinski definition) is 2. The van der Waals surface area contributed by atoms with Gasteiger partial charge in [-0.2, -0.15) is 26.3 Å². The summed E-state index contributed by atoms with van der Waals surface area (Å²) in [5, 5.41) is 9.34. The van der Waals surface area contributed by atoms with Gasteiger partial charge in [-0.15, -0.1) is 0 Å². The maximum Gasteiger partial charge on any atom is 0.430 e. The fourth-order valence-corrected chi connectivity index (χ4v) is 1.77. The molecule has 0 amide bonds. The maximum absolute atomic E-state index is 12.6. The van der Waals surface area contributed by atoms with Crippen LogP contribution in [0.15, 0.2) is 30.5 Å². The molecule has 104 valence electrons. The summed E-state index contributed by atoms with van der Waals surface area (Å²) in [6.45, 7) is 0. The third-order valence-corrected chi connectivity index (χ3v) is 2.79. The van der Waals surface area contributed by atoms with Crippen molar-refractivity contribution in [1.82, 2.24) is 4.98 Å². The fraction of sp³-hybridized carbons (Fsp3) is 0.273. The zero-order valence-electron chi connectivity index (χ0n) is 9.10. The molecule has 0 radical (unpaired) electrons. The number of H-pyrrole nitrogens is 1. The average molecular weight is 283 g/mol. The van der Waals surface area contributed by atoms with E-state index < -0.39 is 23.5 Å². The molecule has 0 saturated heterocycles.